The van der Waals surface area contributed by atoms with Crippen LogP contribution in [0.5, 0.6) is 0 Å². The number of hydrogen-bond acceptors (Lipinski definition) is 4. The van der Waals surface area contributed by atoms with Gasteiger partial charge >= 0.3 is 0 Å². The van der Waals surface area contributed by atoms with Crippen molar-refractivity contribution < 1.29 is 14.3 Å². The zero-order valence-corrected chi connectivity index (χ0v) is 14.0. The number of allylic oxidation sites excluding steroid dienone is 3. The highest BCUT2D eigenvalue weighted by Gasteiger charge is 2.32. The predicted octanol–water partition coefficient (Wildman–Crippen LogP) is 2.51. The van der Waals surface area contributed by atoms with Gasteiger partial charge in [0, 0.05) is 13.5 Å². The lowest BCUT2D eigenvalue weighted by Gasteiger charge is -2.31. The van der Waals surface area contributed by atoms with Gasteiger partial charge in [0.05, 0.1) is 17.9 Å². The van der Waals surface area contributed by atoms with Crippen molar-refractivity contribution in [2.75, 3.05) is 13.7 Å². The summed E-state index contributed by atoms with van der Waals surface area (Å²) in [4.78, 5) is 17.2. The number of carbonyl (C=O) groups excluding carboxylic acids is 1. The Kier molecular flexibility index (Phi) is 4.66. The Morgan fingerprint density at radius 2 is 2.22 bits per heavy atom. The van der Waals surface area contributed by atoms with E-state index < -0.39 is 0 Å². The van der Waals surface area contributed by atoms with Crippen LogP contribution in [0.3, 0.4) is 0 Å². The molecular weight excluding hydrogens is 292 g/mol. The van der Waals surface area contributed by atoms with Crippen molar-refractivity contribution in [3.63, 3.8) is 0 Å². The maximum Gasteiger partial charge on any atom is 0.254 e. The summed E-state index contributed by atoms with van der Waals surface area (Å²) in [5.41, 5.74) is 2.75. The van der Waals surface area contributed by atoms with Gasteiger partial charge in [-0.05, 0) is 37.3 Å². The quantitative estimate of drug-likeness (QED) is 0.867. The number of hydrogen-bond donors (Lipinski definition) is 1. The third-order valence-electron chi connectivity index (χ3n) is 4.54. The summed E-state index contributed by atoms with van der Waals surface area (Å²) in [7, 11) is 1.68. The molecule has 3 unspecified atom stereocenters. The molecule has 5 heteroatoms. The predicted molar refractivity (Wildman–Crippen MR) is 89.1 cm³/mol. The highest BCUT2D eigenvalue weighted by molar-refractivity contribution is 6.23. The number of amides is 1. The number of aliphatic imine (C=N–C) groups is 1. The highest BCUT2D eigenvalue weighted by Crippen LogP contribution is 2.29. The summed E-state index contributed by atoms with van der Waals surface area (Å²) in [6.07, 6.45) is 8.16. The van der Waals surface area contributed by atoms with Crippen LogP contribution in [-0.4, -0.2) is 37.6 Å². The maximum absolute atomic E-state index is 12.4. The molecule has 1 heterocycles. The standard InChI is InChI=1S/C18H24N2O3/c1-4-23-15-8-6-12(10-16(15)22-3)17-19-14-7-5-11(2)9-13(14)18(21)20-17/h6,8-9,11,16-17H,4-5,7,10H2,1-3H3,(H,20,21). The van der Waals surface area contributed by atoms with Crippen LogP contribution in [-0.2, 0) is 14.3 Å². The minimum absolute atomic E-state index is 0.0130. The molecule has 3 atom stereocenters. The molecule has 124 valence electrons. The van der Waals surface area contributed by atoms with Crippen molar-refractivity contribution in [2.24, 2.45) is 10.9 Å². The fourth-order valence-electron chi connectivity index (χ4n) is 3.26. The molecule has 0 radical (unpaired) electrons. The third kappa shape index (κ3) is 3.24. The van der Waals surface area contributed by atoms with Gasteiger partial charge in [0.1, 0.15) is 18.0 Å². The summed E-state index contributed by atoms with van der Waals surface area (Å²) in [6.45, 7) is 4.71. The van der Waals surface area contributed by atoms with Crippen LogP contribution in [0.2, 0.25) is 0 Å². The number of fused-ring (bicyclic) bond motifs is 1. The van der Waals surface area contributed by atoms with E-state index in [-0.39, 0.29) is 18.2 Å². The van der Waals surface area contributed by atoms with E-state index in [1.165, 1.54) is 0 Å². The van der Waals surface area contributed by atoms with Crippen LogP contribution in [0.15, 0.2) is 40.1 Å². The fourth-order valence-corrected chi connectivity index (χ4v) is 3.26. The van der Waals surface area contributed by atoms with Crippen molar-refractivity contribution in [1.82, 2.24) is 5.32 Å². The second kappa shape index (κ2) is 6.71. The zero-order valence-electron chi connectivity index (χ0n) is 14.0. The molecule has 0 aromatic carbocycles. The summed E-state index contributed by atoms with van der Waals surface area (Å²) in [6, 6.07) is 0. The molecule has 0 saturated carbocycles. The molecule has 0 spiro atoms. The van der Waals surface area contributed by atoms with Crippen molar-refractivity contribution in [3.05, 3.63) is 35.1 Å². The largest absolute Gasteiger partial charge is 0.495 e. The Balaban J connectivity index is 1.84. The average Bonchev–Trinajstić information content (AvgIpc) is 2.56. The number of rotatable bonds is 4. The molecule has 0 aromatic heterocycles. The SMILES string of the molecule is CCOC1=CC=C(C2N=C3CCC(C)C=C3C(=O)N2)CC1OC. The van der Waals surface area contributed by atoms with E-state index in [4.69, 9.17) is 14.5 Å². The Morgan fingerprint density at radius 3 is 2.96 bits per heavy atom. The molecular formula is C18H24N2O3. The van der Waals surface area contributed by atoms with E-state index in [0.29, 0.717) is 18.9 Å². The normalized spacial score (nSPS) is 30.4. The van der Waals surface area contributed by atoms with Gasteiger partial charge in [-0.15, -0.1) is 0 Å². The van der Waals surface area contributed by atoms with Crippen LogP contribution < -0.4 is 5.32 Å². The van der Waals surface area contributed by atoms with Gasteiger partial charge in [-0.25, -0.2) is 0 Å². The number of nitrogens with one attached hydrogen (secondary N) is 1. The molecule has 3 aliphatic rings. The lowest BCUT2D eigenvalue weighted by Crippen LogP contribution is -2.44. The van der Waals surface area contributed by atoms with Crippen molar-refractivity contribution >= 4 is 11.6 Å². The monoisotopic (exact) mass is 316 g/mol. The topological polar surface area (TPSA) is 59.9 Å². The van der Waals surface area contributed by atoms with Crippen LogP contribution >= 0.6 is 0 Å². The maximum atomic E-state index is 12.4. The number of carbonyl (C=O) groups is 1. The first kappa shape index (κ1) is 16.0. The first-order valence-corrected chi connectivity index (χ1v) is 8.28. The van der Waals surface area contributed by atoms with E-state index in [9.17, 15) is 4.79 Å². The average molecular weight is 316 g/mol. The van der Waals surface area contributed by atoms with Gasteiger partial charge in [-0.2, -0.15) is 0 Å². The zero-order chi connectivity index (χ0) is 16.4. The van der Waals surface area contributed by atoms with E-state index in [1.807, 2.05) is 25.2 Å². The van der Waals surface area contributed by atoms with Crippen LogP contribution in [0.4, 0.5) is 0 Å². The molecule has 0 bridgehead atoms. The van der Waals surface area contributed by atoms with Crippen molar-refractivity contribution in [3.8, 4) is 0 Å². The van der Waals surface area contributed by atoms with Crippen LogP contribution in [0.1, 0.15) is 33.1 Å². The van der Waals surface area contributed by atoms with Gasteiger partial charge in [0.25, 0.3) is 5.91 Å². The van der Waals surface area contributed by atoms with E-state index in [1.54, 1.807) is 7.11 Å². The minimum atomic E-state index is -0.292. The number of ether oxygens (including phenoxy) is 2. The number of nitrogens with zero attached hydrogens (tertiary/aromatic N) is 1. The Bertz CT molecular complexity index is 616. The summed E-state index contributed by atoms with van der Waals surface area (Å²) < 4.78 is 11.1. The summed E-state index contributed by atoms with van der Waals surface area (Å²) >= 11 is 0. The summed E-state index contributed by atoms with van der Waals surface area (Å²) in [5.74, 6) is 1.26. The van der Waals surface area contributed by atoms with E-state index in [0.717, 1.165) is 35.5 Å². The van der Waals surface area contributed by atoms with Crippen LogP contribution in [0.25, 0.3) is 0 Å². The first-order chi connectivity index (χ1) is 11.1. The smallest absolute Gasteiger partial charge is 0.254 e. The molecule has 0 aromatic rings. The van der Waals surface area contributed by atoms with Crippen molar-refractivity contribution in [1.29, 1.82) is 0 Å². The molecule has 5 nitrogen and oxygen atoms in total. The van der Waals surface area contributed by atoms with Gasteiger partial charge < -0.3 is 14.8 Å². The van der Waals surface area contributed by atoms with Gasteiger partial charge in [-0.3, -0.25) is 9.79 Å². The lowest BCUT2D eigenvalue weighted by molar-refractivity contribution is -0.117. The van der Waals surface area contributed by atoms with Crippen LogP contribution in [0, 0.1) is 5.92 Å². The molecule has 23 heavy (non-hydrogen) atoms. The van der Waals surface area contributed by atoms with Gasteiger partial charge in [0.15, 0.2) is 0 Å². The van der Waals surface area contributed by atoms with Crippen molar-refractivity contribution in [2.45, 2.75) is 45.4 Å². The molecule has 0 fully saturated rings. The molecule has 2 aliphatic carbocycles. The minimum Gasteiger partial charge on any atom is -0.495 e. The molecule has 1 amide bonds. The second-order valence-corrected chi connectivity index (χ2v) is 6.22. The van der Waals surface area contributed by atoms with Gasteiger partial charge in [0.2, 0.25) is 0 Å². The Labute approximate surface area is 137 Å². The number of methoxy groups -OCH3 is 1. The van der Waals surface area contributed by atoms with E-state index >= 15 is 0 Å². The fraction of sp³-hybridized carbons (Fsp3) is 0.556. The van der Waals surface area contributed by atoms with E-state index in [2.05, 4.69) is 12.2 Å². The van der Waals surface area contributed by atoms with Gasteiger partial charge in [-0.1, -0.05) is 19.1 Å². The first-order valence-electron chi connectivity index (χ1n) is 8.28. The third-order valence-corrected chi connectivity index (χ3v) is 4.54. The second-order valence-electron chi connectivity index (χ2n) is 6.22. The highest BCUT2D eigenvalue weighted by atomic mass is 16.5. The Morgan fingerprint density at radius 1 is 1.39 bits per heavy atom. The lowest BCUT2D eigenvalue weighted by atomic mass is 9.88. The molecule has 0 saturated heterocycles. The molecule has 3 rings (SSSR count). The Hall–Kier alpha value is -1.88. The molecule has 1 N–H and O–H groups in total. The summed E-state index contributed by atoms with van der Waals surface area (Å²) in [5, 5.41) is 3.01. The molecule has 1 aliphatic heterocycles.